The van der Waals surface area contributed by atoms with Crippen molar-refractivity contribution in [2.45, 2.75) is 64.6 Å². The highest BCUT2D eigenvalue weighted by molar-refractivity contribution is 5.94. The van der Waals surface area contributed by atoms with Gasteiger partial charge in [-0.05, 0) is 63.6 Å². The molecule has 3 rings (SSSR count). The van der Waals surface area contributed by atoms with Crippen molar-refractivity contribution < 1.29 is 24.5 Å². The molecule has 2 aromatic carbocycles. The maximum absolute atomic E-state index is 12.3. The van der Waals surface area contributed by atoms with E-state index in [2.05, 4.69) is 6.08 Å². The summed E-state index contributed by atoms with van der Waals surface area (Å²) >= 11 is 0. The van der Waals surface area contributed by atoms with E-state index < -0.39 is 17.7 Å². The first-order valence-electron chi connectivity index (χ1n) is 10.8. The van der Waals surface area contributed by atoms with E-state index in [-0.39, 0.29) is 5.56 Å². The number of aryl methyl sites for hydroxylation is 2. The van der Waals surface area contributed by atoms with Gasteiger partial charge >= 0.3 is 5.97 Å². The normalized spacial score (nSPS) is 19.8. The summed E-state index contributed by atoms with van der Waals surface area (Å²) in [5, 5.41) is 20.9. The van der Waals surface area contributed by atoms with E-state index in [4.69, 9.17) is 9.47 Å². The number of allylic oxidation sites excluding steroid dienone is 2. The van der Waals surface area contributed by atoms with Crippen LogP contribution in [0.2, 0.25) is 0 Å². The summed E-state index contributed by atoms with van der Waals surface area (Å²) < 4.78 is 11.9. The van der Waals surface area contributed by atoms with Crippen LogP contribution in [-0.4, -0.2) is 35.0 Å². The lowest BCUT2D eigenvalue weighted by Crippen LogP contribution is -2.49. The van der Waals surface area contributed by atoms with Gasteiger partial charge in [0.15, 0.2) is 0 Å². The number of aliphatic hydroxyl groups excluding tert-OH is 1. The number of rotatable bonds is 8. The van der Waals surface area contributed by atoms with Crippen molar-refractivity contribution in [2.75, 3.05) is 7.11 Å². The van der Waals surface area contributed by atoms with Crippen LogP contribution in [-0.2, 0) is 19.3 Å². The third-order valence-corrected chi connectivity index (χ3v) is 6.02. The number of methoxy groups -OCH3 is 1. The van der Waals surface area contributed by atoms with E-state index in [1.165, 1.54) is 5.57 Å². The fourth-order valence-corrected chi connectivity index (χ4v) is 4.15. The molecule has 31 heavy (non-hydrogen) atoms. The van der Waals surface area contributed by atoms with E-state index in [9.17, 15) is 15.0 Å². The average Bonchev–Trinajstić information content (AvgIpc) is 2.72. The van der Waals surface area contributed by atoms with Crippen LogP contribution in [0.3, 0.4) is 0 Å². The third-order valence-electron chi connectivity index (χ3n) is 6.02. The lowest BCUT2D eigenvalue weighted by Gasteiger charge is -2.41. The molecule has 0 radical (unpaired) electrons. The SMILES string of the molecule is COc1cc(CCc2ccccc2)c(C(=O)O)c2c1CC(O)C(C)(CCC=C(C)C)O2. The fraction of sp³-hybridized carbons (Fsp3) is 0.423. The van der Waals surface area contributed by atoms with Gasteiger partial charge in [0.2, 0.25) is 0 Å². The minimum atomic E-state index is -1.02. The quantitative estimate of drug-likeness (QED) is 0.585. The number of hydrogen-bond donors (Lipinski definition) is 2. The summed E-state index contributed by atoms with van der Waals surface area (Å²) in [6.07, 6.45) is 4.25. The first kappa shape index (κ1) is 22.9. The Kier molecular flexibility index (Phi) is 7.06. The van der Waals surface area contributed by atoms with E-state index in [0.717, 1.165) is 12.0 Å². The summed E-state index contributed by atoms with van der Waals surface area (Å²) in [7, 11) is 1.56. The molecule has 5 heteroatoms. The fourth-order valence-electron chi connectivity index (χ4n) is 4.15. The van der Waals surface area contributed by atoms with Crippen molar-refractivity contribution in [1.82, 2.24) is 0 Å². The van der Waals surface area contributed by atoms with Gasteiger partial charge in [-0.15, -0.1) is 0 Å². The highest BCUT2D eigenvalue weighted by Crippen LogP contribution is 2.44. The minimum absolute atomic E-state index is 0.173. The van der Waals surface area contributed by atoms with Crippen molar-refractivity contribution in [2.24, 2.45) is 0 Å². The van der Waals surface area contributed by atoms with Gasteiger partial charge in [-0.1, -0.05) is 42.0 Å². The first-order valence-corrected chi connectivity index (χ1v) is 10.8. The second-order valence-electron chi connectivity index (χ2n) is 8.67. The molecule has 166 valence electrons. The van der Waals surface area contributed by atoms with Gasteiger partial charge in [-0.25, -0.2) is 4.79 Å². The second kappa shape index (κ2) is 9.56. The number of ether oxygens (including phenoxy) is 2. The lowest BCUT2D eigenvalue weighted by atomic mass is 9.83. The number of carboxylic acid groups (broad SMARTS) is 1. The number of carboxylic acids is 1. The zero-order valence-electron chi connectivity index (χ0n) is 18.8. The summed E-state index contributed by atoms with van der Waals surface area (Å²) in [6, 6.07) is 11.8. The molecular formula is C26H32O5. The number of aromatic carboxylic acids is 1. The molecule has 2 atom stereocenters. The number of carbonyl (C=O) groups is 1. The number of fused-ring (bicyclic) bond motifs is 1. The predicted molar refractivity (Wildman–Crippen MR) is 121 cm³/mol. The average molecular weight is 425 g/mol. The van der Waals surface area contributed by atoms with Crippen LogP contribution in [0, 0.1) is 0 Å². The summed E-state index contributed by atoms with van der Waals surface area (Å²) in [5.41, 5.74) is 2.94. The van der Waals surface area contributed by atoms with Crippen LogP contribution < -0.4 is 9.47 Å². The van der Waals surface area contributed by atoms with Crippen molar-refractivity contribution in [3.05, 3.63) is 70.3 Å². The third kappa shape index (κ3) is 5.10. The van der Waals surface area contributed by atoms with E-state index >= 15 is 0 Å². The molecule has 0 amide bonds. The summed E-state index contributed by atoms with van der Waals surface area (Å²) in [6.45, 7) is 5.92. The molecule has 5 nitrogen and oxygen atoms in total. The molecule has 2 unspecified atom stereocenters. The maximum Gasteiger partial charge on any atom is 0.339 e. The maximum atomic E-state index is 12.3. The first-order chi connectivity index (χ1) is 14.7. The van der Waals surface area contributed by atoms with Crippen LogP contribution in [0.4, 0.5) is 0 Å². The molecule has 0 saturated carbocycles. The van der Waals surface area contributed by atoms with Crippen molar-refractivity contribution in [1.29, 1.82) is 0 Å². The Morgan fingerprint density at radius 2 is 1.97 bits per heavy atom. The Morgan fingerprint density at radius 1 is 1.26 bits per heavy atom. The summed E-state index contributed by atoms with van der Waals surface area (Å²) in [5.74, 6) is -0.127. The molecule has 0 aliphatic carbocycles. The van der Waals surface area contributed by atoms with Gasteiger partial charge in [0, 0.05) is 12.0 Å². The van der Waals surface area contributed by atoms with E-state index in [0.29, 0.717) is 48.3 Å². The number of aliphatic hydroxyl groups is 1. The van der Waals surface area contributed by atoms with E-state index in [1.54, 1.807) is 13.2 Å². The smallest absolute Gasteiger partial charge is 0.339 e. The zero-order chi connectivity index (χ0) is 22.6. The largest absolute Gasteiger partial charge is 0.496 e. The Labute approximate surface area is 184 Å². The Morgan fingerprint density at radius 3 is 2.58 bits per heavy atom. The molecule has 2 N–H and O–H groups in total. The summed E-state index contributed by atoms with van der Waals surface area (Å²) in [4.78, 5) is 12.3. The van der Waals surface area contributed by atoms with Crippen LogP contribution in [0.15, 0.2) is 48.0 Å². The minimum Gasteiger partial charge on any atom is -0.496 e. The van der Waals surface area contributed by atoms with Gasteiger partial charge in [-0.2, -0.15) is 0 Å². The topological polar surface area (TPSA) is 76.0 Å². The Hall–Kier alpha value is -2.79. The number of hydrogen-bond acceptors (Lipinski definition) is 4. The zero-order valence-corrected chi connectivity index (χ0v) is 18.8. The van der Waals surface area contributed by atoms with Gasteiger partial charge in [0.1, 0.15) is 22.7 Å². The molecule has 2 aromatic rings. The molecule has 0 fully saturated rings. The highest BCUT2D eigenvalue weighted by Gasteiger charge is 2.42. The van der Waals surface area contributed by atoms with Gasteiger partial charge in [0.05, 0.1) is 13.2 Å². The van der Waals surface area contributed by atoms with E-state index in [1.807, 2.05) is 51.1 Å². The molecule has 1 heterocycles. The number of benzene rings is 2. The van der Waals surface area contributed by atoms with Crippen molar-refractivity contribution in [3.63, 3.8) is 0 Å². The van der Waals surface area contributed by atoms with Crippen LogP contribution in [0.25, 0.3) is 0 Å². The van der Waals surface area contributed by atoms with Gasteiger partial charge in [0.25, 0.3) is 0 Å². The van der Waals surface area contributed by atoms with Crippen LogP contribution in [0.5, 0.6) is 11.5 Å². The predicted octanol–water partition coefficient (Wildman–Crippen LogP) is 4.98. The molecule has 0 bridgehead atoms. The van der Waals surface area contributed by atoms with Crippen LogP contribution >= 0.6 is 0 Å². The van der Waals surface area contributed by atoms with Gasteiger partial charge < -0.3 is 19.7 Å². The second-order valence-corrected chi connectivity index (χ2v) is 8.67. The Balaban J connectivity index is 2.00. The molecule has 1 aliphatic rings. The standard InChI is InChI=1S/C26H32O5/c1-17(2)9-8-14-26(3)22(27)16-20-21(30-4)15-19(23(25(28)29)24(20)31-26)13-12-18-10-6-5-7-11-18/h5-7,9-11,15,22,27H,8,12-14,16H2,1-4H3,(H,28,29). The van der Waals surface area contributed by atoms with Crippen molar-refractivity contribution in [3.8, 4) is 11.5 Å². The Bertz CT molecular complexity index is 960. The molecule has 0 saturated heterocycles. The molecule has 0 aromatic heterocycles. The van der Waals surface area contributed by atoms with Gasteiger partial charge in [-0.3, -0.25) is 0 Å². The monoisotopic (exact) mass is 424 g/mol. The highest BCUT2D eigenvalue weighted by atomic mass is 16.5. The van der Waals surface area contributed by atoms with Crippen LogP contribution in [0.1, 0.15) is 60.7 Å². The molecule has 0 spiro atoms. The lowest BCUT2D eigenvalue weighted by molar-refractivity contribution is -0.0598. The molecule has 1 aliphatic heterocycles. The molecular weight excluding hydrogens is 392 g/mol. The van der Waals surface area contributed by atoms with Crippen molar-refractivity contribution >= 4 is 5.97 Å².